The Morgan fingerprint density at radius 3 is 2.45 bits per heavy atom. The molecule has 2 aromatic carbocycles. The zero-order valence-electron chi connectivity index (χ0n) is 17.9. The summed E-state index contributed by atoms with van der Waals surface area (Å²) in [7, 11) is 1.69. The molecule has 0 radical (unpaired) electrons. The van der Waals surface area contributed by atoms with E-state index >= 15 is 0 Å². The lowest BCUT2D eigenvalue weighted by molar-refractivity contribution is 0.458. The molecule has 0 saturated heterocycles. The van der Waals surface area contributed by atoms with E-state index in [1.165, 1.54) is 9.13 Å². The maximum atomic E-state index is 13.6. The van der Waals surface area contributed by atoms with Gasteiger partial charge in [0.2, 0.25) is 5.95 Å². The molecule has 0 spiro atoms. The lowest BCUT2D eigenvalue weighted by Crippen LogP contribution is -2.40. The van der Waals surface area contributed by atoms with E-state index in [0.29, 0.717) is 29.6 Å². The van der Waals surface area contributed by atoms with Gasteiger partial charge in [0.15, 0.2) is 11.2 Å². The van der Waals surface area contributed by atoms with Crippen LogP contribution in [0.5, 0.6) is 0 Å². The second kappa shape index (κ2) is 7.27. The van der Waals surface area contributed by atoms with Gasteiger partial charge in [-0.3, -0.25) is 13.9 Å². The number of rotatable bonds is 3. The quantitative estimate of drug-likeness (QED) is 0.516. The van der Waals surface area contributed by atoms with Crippen LogP contribution in [-0.2, 0) is 20.1 Å². The maximum Gasteiger partial charge on any atom is 0.332 e. The number of hydrogen-bond donors (Lipinski definition) is 0. The van der Waals surface area contributed by atoms with Crippen LogP contribution in [0.3, 0.4) is 0 Å². The summed E-state index contributed by atoms with van der Waals surface area (Å²) in [6, 6.07) is 17.9. The molecule has 0 saturated carbocycles. The largest absolute Gasteiger partial charge is 0.332 e. The zero-order chi connectivity index (χ0) is 21.7. The molecule has 1 aliphatic heterocycles. The van der Waals surface area contributed by atoms with Crippen molar-refractivity contribution in [3.05, 3.63) is 86.6 Å². The monoisotopic (exact) mass is 415 g/mol. The van der Waals surface area contributed by atoms with Gasteiger partial charge in [0, 0.05) is 25.8 Å². The van der Waals surface area contributed by atoms with Crippen molar-refractivity contribution in [3.8, 4) is 0 Å². The molecule has 7 nitrogen and oxygen atoms in total. The highest BCUT2D eigenvalue weighted by molar-refractivity contribution is 5.77. The summed E-state index contributed by atoms with van der Waals surface area (Å²) in [6.07, 6.45) is 0. The molecule has 7 heteroatoms. The molecule has 0 N–H and O–H groups in total. The molecule has 158 valence electrons. The van der Waals surface area contributed by atoms with Crippen LogP contribution in [0.25, 0.3) is 11.2 Å². The number of aromatic nitrogens is 4. The third-order valence-electron chi connectivity index (χ3n) is 6.10. The van der Waals surface area contributed by atoms with Gasteiger partial charge in [0.25, 0.3) is 5.56 Å². The molecule has 1 aliphatic rings. The lowest BCUT2D eigenvalue weighted by Gasteiger charge is -2.32. The Morgan fingerprint density at radius 1 is 1.00 bits per heavy atom. The first-order chi connectivity index (χ1) is 15.0. The van der Waals surface area contributed by atoms with E-state index in [-0.39, 0.29) is 17.8 Å². The standard InChI is InChI=1S/C24H25N5O2/c1-16-13-27(19-11-5-4-6-12-19)23-25-21-20(28(23)14-16)22(30)29(24(31)26(21)3)15-18-10-8-7-9-17(18)2/h4-12,16H,13-15H2,1-3H3/t16-/m1/s1. The Balaban J connectivity index is 1.74. The van der Waals surface area contributed by atoms with Gasteiger partial charge in [-0.05, 0) is 36.1 Å². The Hall–Kier alpha value is -3.61. The molecule has 0 fully saturated rings. The second-order valence-electron chi connectivity index (χ2n) is 8.41. The smallest absolute Gasteiger partial charge is 0.312 e. The summed E-state index contributed by atoms with van der Waals surface area (Å²) in [6.45, 7) is 5.89. The van der Waals surface area contributed by atoms with Gasteiger partial charge in [0.1, 0.15) is 0 Å². The minimum atomic E-state index is -0.351. The molecule has 0 amide bonds. The number of anilines is 2. The summed E-state index contributed by atoms with van der Waals surface area (Å²) >= 11 is 0. The Kier molecular flexibility index (Phi) is 4.54. The van der Waals surface area contributed by atoms with Crippen LogP contribution >= 0.6 is 0 Å². The van der Waals surface area contributed by atoms with Crippen molar-refractivity contribution < 1.29 is 0 Å². The van der Waals surface area contributed by atoms with Crippen LogP contribution in [-0.4, -0.2) is 25.2 Å². The van der Waals surface area contributed by atoms with Gasteiger partial charge in [-0.25, -0.2) is 4.79 Å². The number of aryl methyl sites for hydroxylation is 2. The molecule has 2 aromatic heterocycles. The second-order valence-corrected chi connectivity index (χ2v) is 8.41. The van der Waals surface area contributed by atoms with Crippen molar-refractivity contribution in [2.45, 2.75) is 26.9 Å². The van der Waals surface area contributed by atoms with Gasteiger partial charge in [-0.2, -0.15) is 4.98 Å². The fourth-order valence-corrected chi connectivity index (χ4v) is 4.43. The summed E-state index contributed by atoms with van der Waals surface area (Å²) in [4.78, 5) is 33.6. The van der Waals surface area contributed by atoms with E-state index in [0.717, 1.165) is 23.4 Å². The van der Waals surface area contributed by atoms with Crippen molar-refractivity contribution in [3.63, 3.8) is 0 Å². The number of hydrogen-bond acceptors (Lipinski definition) is 4. The molecular weight excluding hydrogens is 390 g/mol. The van der Waals surface area contributed by atoms with Gasteiger partial charge in [-0.15, -0.1) is 0 Å². The Morgan fingerprint density at radius 2 is 1.71 bits per heavy atom. The number of nitrogens with zero attached hydrogens (tertiary/aromatic N) is 5. The van der Waals surface area contributed by atoms with Crippen LogP contribution in [0.15, 0.2) is 64.2 Å². The molecule has 0 unspecified atom stereocenters. The third-order valence-corrected chi connectivity index (χ3v) is 6.10. The normalized spacial score (nSPS) is 16.0. The summed E-state index contributed by atoms with van der Waals surface area (Å²) < 4.78 is 4.80. The fourth-order valence-electron chi connectivity index (χ4n) is 4.43. The van der Waals surface area contributed by atoms with Crippen molar-refractivity contribution in [2.24, 2.45) is 13.0 Å². The average molecular weight is 415 g/mol. The first-order valence-corrected chi connectivity index (χ1v) is 10.5. The van der Waals surface area contributed by atoms with E-state index in [4.69, 9.17) is 4.98 Å². The first-order valence-electron chi connectivity index (χ1n) is 10.5. The number of fused-ring (bicyclic) bond motifs is 3. The van der Waals surface area contributed by atoms with Gasteiger partial charge < -0.3 is 9.47 Å². The molecule has 0 bridgehead atoms. The van der Waals surface area contributed by atoms with E-state index in [1.54, 1.807) is 7.05 Å². The van der Waals surface area contributed by atoms with Gasteiger partial charge in [0.05, 0.1) is 6.54 Å². The van der Waals surface area contributed by atoms with Crippen molar-refractivity contribution in [1.29, 1.82) is 0 Å². The van der Waals surface area contributed by atoms with Crippen LogP contribution in [0, 0.1) is 12.8 Å². The van der Waals surface area contributed by atoms with Crippen LogP contribution < -0.4 is 16.1 Å². The number of para-hydroxylation sites is 1. The maximum absolute atomic E-state index is 13.6. The topological polar surface area (TPSA) is 65.1 Å². The molecule has 3 heterocycles. The first kappa shape index (κ1) is 19.4. The van der Waals surface area contributed by atoms with E-state index in [2.05, 4.69) is 11.8 Å². The van der Waals surface area contributed by atoms with Crippen molar-refractivity contribution >= 4 is 22.8 Å². The molecule has 1 atom stereocenters. The highest BCUT2D eigenvalue weighted by Crippen LogP contribution is 2.32. The minimum Gasteiger partial charge on any atom is -0.312 e. The fraction of sp³-hybridized carbons (Fsp3) is 0.292. The predicted molar refractivity (Wildman–Crippen MR) is 122 cm³/mol. The summed E-state index contributed by atoms with van der Waals surface area (Å²) in [5.74, 6) is 1.03. The molecular formula is C24H25N5O2. The SMILES string of the molecule is Cc1ccccc1Cn1c(=O)c2c(nc3n2C[C@H](C)CN3c2ccccc2)n(C)c1=O. The van der Waals surface area contributed by atoms with E-state index in [9.17, 15) is 9.59 Å². The average Bonchev–Trinajstić information content (AvgIpc) is 3.16. The van der Waals surface area contributed by atoms with E-state index < -0.39 is 0 Å². The lowest BCUT2D eigenvalue weighted by atomic mass is 10.1. The minimum absolute atomic E-state index is 0.243. The van der Waals surface area contributed by atoms with Crippen LogP contribution in [0.4, 0.5) is 11.6 Å². The van der Waals surface area contributed by atoms with Crippen LogP contribution in [0.2, 0.25) is 0 Å². The van der Waals surface area contributed by atoms with Gasteiger partial charge in [-0.1, -0.05) is 49.4 Å². The molecule has 4 aromatic rings. The highest BCUT2D eigenvalue weighted by atomic mass is 16.2. The van der Waals surface area contributed by atoms with Crippen LogP contribution in [0.1, 0.15) is 18.1 Å². The Labute approximate surface area is 179 Å². The van der Waals surface area contributed by atoms with Gasteiger partial charge >= 0.3 is 5.69 Å². The number of imidazole rings is 1. The molecule has 0 aliphatic carbocycles. The summed E-state index contributed by atoms with van der Waals surface area (Å²) in [5, 5.41) is 0. The third kappa shape index (κ3) is 3.08. The molecule has 31 heavy (non-hydrogen) atoms. The predicted octanol–water partition coefficient (Wildman–Crippen LogP) is 3.04. The van der Waals surface area contributed by atoms with Crippen molar-refractivity contribution in [2.75, 3.05) is 11.4 Å². The highest BCUT2D eigenvalue weighted by Gasteiger charge is 2.29. The Bertz CT molecular complexity index is 1400. The number of benzene rings is 2. The molecule has 5 rings (SSSR count). The van der Waals surface area contributed by atoms with E-state index in [1.807, 2.05) is 66.1 Å². The van der Waals surface area contributed by atoms with Crippen molar-refractivity contribution in [1.82, 2.24) is 18.7 Å². The zero-order valence-corrected chi connectivity index (χ0v) is 17.9. The summed E-state index contributed by atoms with van der Waals surface area (Å²) in [5.41, 5.74) is 3.31.